The van der Waals surface area contributed by atoms with E-state index in [-0.39, 0.29) is 0 Å². The van der Waals surface area contributed by atoms with Crippen LogP contribution in [0.4, 0.5) is 5.82 Å². The lowest BCUT2D eigenvalue weighted by molar-refractivity contribution is 0.660. The summed E-state index contributed by atoms with van der Waals surface area (Å²) in [5, 5.41) is 7.42. The van der Waals surface area contributed by atoms with Crippen LogP contribution in [0.15, 0.2) is 12.4 Å². The minimum atomic E-state index is 0.743. The number of aromatic nitrogens is 4. The Morgan fingerprint density at radius 1 is 1.32 bits per heavy atom. The van der Waals surface area contributed by atoms with Crippen molar-refractivity contribution in [2.75, 3.05) is 12.4 Å². The van der Waals surface area contributed by atoms with Gasteiger partial charge in [0, 0.05) is 19.8 Å². The van der Waals surface area contributed by atoms with Crippen LogP contribution in [0.1, 0.15) is 26.0 Å². The first kappa shape index (κ1) is 14.2. The van der Waals surface area contributed by atoms with Gasteiger partial charge >= 0.3 is 0 Å². The molecule has 0 amide bonds. The minimum absolute atomic E-state index is 0.743. The van der Waals surface area contributed by atoms with E-state index in [1.165, 1.54) is 0 Å². The summed E-state index contributed by atoms with van der Waals surface area (Å²) >= 11 is 2.30. The van der Waals surface area contributed by atoms with Gasteiger partial charge in [0.2, 0.25) is 0 Å². The van der Waals surface area contributed by atoms with Crippen molar-refractivity contribution >= 4 is 28.4 Å². The molecule has 2 aromatic heterocycles. The molecule has 2 aromatic rings. The van der Waals surface area contributed by atoms with Gasteiger partial charge < -0.3 is 5.32 Å². The van der Waals surface area contributed by atoms with Crippen molar-refractivity contribution in [2.45, 2.75) is 33.2 Å². The second-order valence-electron chi connectivity index (χ2n) is 4.24. The highest BCUT2D eigenvalue weighted by Gasteiger charge is 2.13. The molecule has 0 saturated heterocycles. The van der Waals surface area contributed by atoms with E-state index in [0.29, 0.717) is 0 Å². The van der Waals surface area contributed by atoms with E-state index in [9.17, 15) is 0 Å². The zero-order valence-corrected chi connectivity index (χ0v) is 13.6. The molecule has 5 nitrogen and oxygen atoms in total. The molecule has 1 N–H and O–H groups in total. The number of nitrogens with zero attached hydrogens (tertiary/aromatic N) is 4. The van der Waals surface area contributed by atoms with Crippen LogP contribution in [0, 0.1) is 3.57 Å². The van der Waals surface area contributed by atoms with Crippen molar-refractivity contribution in [3.8, 4) is 11.4 Å². The Bertz CT molecular complexity index is 564. The molecule has 0 unspecified atom stereocenters. The monoisotopic (exact) mass is 371 g/mol. The molecule has 0 spiro atoms. The van der Waals surface area contributed by atoms with Crippen molar-refractivity contribution in [3.05, 3.63) is 21.7 Å². The summed E-state index contributed by atoms with van der Waals surface area (Å²) in [7, 11) is 1.89. The molecule has 2 rings (SSSR count). The zero-order valence-electron chi connectivity index (χ0n) is 11.4. The van der Waals surface area contributed by atoms with Crippen LogP contribution in [0.5, 0.6) is 0 Å². The van der Waals surface area contributed by atoms with E-state index in [1.807, 2.05) is 24.1 Å². The van der Waals surface area contributed by atoms with Crippen LogP contribution in [0.25, 0.3) is 11.4 Å². The van der Waals surface area contributed by atoms with E-state index >= 15 is 0 Å². The van der Waals surface area contributed by atoms with Crippen LogP contribution in [-0.2, 0) is 13.0 Å². The van der Waals surface area contributed by atoms with Gasteiger partial charge in [-0.25, -0.2) is 9.97 Å². The molecule has 0 fully saturated rings. The van der Waals surface area contributed by atoms with Gasteiger partial charge in [0.25, 0.3) is 0 Å². The normalized spacial score (nSPS) is 10.7. The number of halogens is 1. The maximum atomic E-state index is 4.68. The first-order valence-corrected chi connectivity index (χ1v) is 7.54. The average Bonchev–Trinajstić information content (AvgIpc) is 2.90. The highest BCUT2D eigenvalue weighted by atomic mass is 127. The average molecular weight is 371 g/mol. The van der Waals surface area contributed by atoms with Crippen molar-refractivity contribution in [1.82, 2.24) is 19.7 Å². The summed E-state index contributed by atoms with van der Waals surface area (Å²) in [4.78, 5) is 9.25. The molecule has 0 aliphatic carbocycles. The van der Waals surface area contributed by atoms with Gasteiger partial charge in [-0.3, -0.25) is 4.68 Å². The van der Waals surface area contributed by atoms with Crippen molar-refractivity contribution < 1.29 is 0 Å². The number of anilines is 1. The lowest BCUT2D eigenvalue weighted by Crippen LogP contribution is -2.05. The maximum absolute atomic E-state index is 4.68. The minimum Gasteiger partial charge on any atom is -0.372 e. The lowest BCUT2D eigenvalue weighted by Gasteiger charge is -2.09. The predicted molar refractivity (Wildman–Crippen MR) is 85.2 cm³/mol. The van der Waals surface area contributed by atoms with Crippen LogP contribution in [0.3, 0.4) is 0 Å². The fourth-order valence-corrected chi connectivity index (χ4v) is 2.62. The Morgan fingerprint density at radius 2 is 2.11 bits per heavy atom. The first-order valence-electron chi connectivity index (χ1n) is 6.46. The quantitative estimate of drug-likeness (QED) is 0.822. The number of hydrogen-bond donors (Lipinski definition) is 1. The predicted octanol–water partition coefficient (Wildman–Crippen LogP) is 2.96. The van der Waals surface area contributed by atoms with Crippen molar-refractivity contribution in [1.29, 1.82) is 0 Å². The van der Waals surface area contributed by atoms with Crippen molar-refractivity contribution in [3.63, 3.8) is 0 Å². The highest BCUT2D eigenvalue weighted by Crippen LogP contribution is 2.24. The standard InChI is InChI=1S/C13H18IN5/c1-4-6-10-11(14)13(15-3)18-12(17-10)9-7-16-19(5-2)8-9/h7-8H,4-6H2,1-3H3,(H,15,17,18). The number of rotatable bonds is 5. The first-order chi connectivity index (χ1) is 9.19. The topological polar surface area (TPSA) is 55.6 Å². The van der Waals surface area contributed by atoms with Gasteiger partial charge in [-0.1, -0.05) is 13.3 Å². The smallest absolute Gasteiger partial charge is 0.165 e. The molecule has 6 heteroatoms. The summed E-state index contributed by atoms with van der Waals surface area (Å²) in [5.41, 5.74) is 2.06. The van der Waals surface area contributed by atoms with Gasteiger partial charge in [-0.2, -0.15) is 5.10 Å². The summed E-state index contributed by atoms with van der Waals surface area (Å²) < 4.78 is 2.99. The lowest BCUT2D eigenvalue weighted by atomic mass is 10.2. The molecule has 0 aromatic carbocycles. The number of hydrogen-bond acceptors (Lipinski definition) is 4. The van der Waals surface area contributed by atoms with Gasteiger partial charge in [-0.15, -0.1) is 0 Å². The summed E-state index contributed by atoms with van der Waals surface area (Å²) in [5.74, 6) is 1.63. The van der Waals surface area contributed by atoms with Crippen LogP contribution in [0.2, 0.25) is 0 Å². The molecule has 19 heavy (non-hydrogen) atoms. The molecule has 0 bridgehead atoms. The second-order valence-corrected chi connectivity index (χ2v) is 5.32. The largest absolute Gasteiger partial charge is 0.372 e. The third kappa shape index (κ3) is 3.05. The van der Waals surface area contributed by atoms with Gasteiger partial charge in [0.1, 0.15) is 5.82 Å². The molecule has 0 aliphatic heterocycles. The fraction of sp³-hybridized carbons (Fsp3) is 0.462. The van der Waals surface area contributed by atoms with E-state index in [4.69, 9.17) is 0 Å². The Kier molecular flexibility index (Phi) is 4.73. The maximum Gasteiger partial charge on any atom is 0.165 e. The van der Waals surface area contributed by atoms with E-state index in [1.54, 1.807) is 0 Å². The summed E-state index contributed by atoms with van der Waals surface area (Å²) in [6, 6.07) is 0. The van der Waals surface area contributed by atoms with Gasteiger partial charge in [0.15, 0.2) is 5.82 Å². The van der Waals surface area contributed by atoms with Gasteiger partial charge in [0.05, 0.1) is 21.0 Å². The summed E-state index contributed by atoms with van der Waals surface area (Å²) in [6.07, 6.45) is 5.84. The van der Waals surface area contributed by atoms with Crippen LogP contribution < -0.4 is 5.32 Å². The summed E-state index contributed by atoms with van der Waals surface area (Å²) in [6.45, 7) is 5.07. The van der Waals surface area contributed by atoms with E-state index in [0.717, 1.165) is 45.9 Å². The third-order valence-electron chi connectivity index (χ3n) is 2.86. The molecule has 0 radical (unpaired) electrons. The SMILES string of the molecule is CCCc1nc(-c2cnn(CC)c2)nc(NC)c1I. The molecule has 102 valence electrons. The van der Waals surface area contributed by atoms with E-state index < -0.39 is 0 Å². The Morgan fingerprint density at radius 3 is 2.68 bits per heavy atom. The van der Waals surface area contributed by atoms with Crippen LogP contribution >= 0.6 is 22.6 Å². The molecule has 2 heterocycles. The zero-order chi connectivity index (χ0) is 13.8. The molecule has 0 aliphatic rings. The second kappa shape index (κ2) is 6.31. The Balaban J connectivity index is 2.47. The van der Waals surface area contributed by atoms with Crippen LogP contribution in [-0.4, -0.2) is 26.8 Å². The van der Waals surface area contributed by atoms with E-state index in [2.05, 4.69) is 56.8 Å². The number of aryl methyl sites for hydroxylation is 2. The molecule has 0 atom stereocenters. The number of nitrogens with one attached hydrogen (secondary N) is 1. The molecular weight excluding hydrogens is 353 g/mol. The molecular formula is C13H18IN5. The highest BCUT2D eigenvalue weighted by molar-refractivity contribution is 14.1. The Hall–Kier alpha value is -1.18. The van der Waals surface area contributed by atoms with Crippen molar-refractivity contribution in [2.24, 2.45) is 0 Å². The molecule has 0 saturated carbocycles. The fourth-order valence-electron chi connectivity index (χ4n) is 1.84. The van der Waals surface area contributed by atoms with Gasteiger partial charge in [-0.05, 0) is 35.9 Å². The third-order valence-corrected chi connectivity index (χ3v) is 3.99. The Labute approximate surface area is 127 Å².